The molecule has 124 valence electrons. The van der Waals surface area contributed by atoms with Crippen LogP contribution in [-0.4, -0.2) is 7.85 Å². The molecular weight excluding hydrogens is 313 g/mol. The van der Waals surface area contributed by atoms with Gasteiger partial charge >= 0.3 is 0 Å². The maximum atomic E-state index is 2.34. The Bertz CT molecular complexity index is 997. The van der Waals surface area contributed by atoms with Crippen molar-refractivity contribution < 1.29 is 0 Å². The van der Waals surface area contributed by atoms with E-state index < -0.39 is 0 Å². The molecule has 0 saturated heterocycles. The summed E-state index contributed by atoms with van der Waals surface area (Å²) >= 11 is 0. The minimum absolute atomic E-state index is 1.16. The molecule has 0 spiro atoms. The zero-order valence-electron chi connectivity index (χ0n) is 14.8. The van der Waals surface area contributed by atoms with Crippen LogP contribution in [0.1, 0.15) is 0 Å². The van der Waals surface area contributed by atoms with Gasteiger partial charge in [-0.1, -0.05) is 90.4 Å². The van der Waals surface area contributed by atoms with Gasteiger partial charge in [0.2, 0.25) is 0 Å². The van der Waals surface area contributed by atoms with Gasteiger partial charge in [0.25, 0.3) is 0 Å². The second kappa shape index (κ2) is 7.32. The lowest BCUT2D eigenvalue weighted by molar-refractivity contribution is 1.29. The van der Waals surface area contributed by atoms with Crippen LogP contribution >= 0.6 is 0 Å². The molecule has 0 N–H and O–H groups in total. The van der Waals surface area contributed by atoms with Crippen LogP contribution in [0.25, 0.3) is 11.1 Å². The van der Waals surface area contributed by atoms with Gasteiger partial charge in [0, 0.05) is 16.9 Å². The van der Waals surface area contributed by atoms with Crippen molar-refractivity contribution in [2.75, 3.05) is 4.90 Å². The van der Waals surface area contributed by atoms with Crippen LogP contribution in [-0.2, 0) is 0 Å². The molecule has 0 atom stereocenters. The molecule has 0 aromatic heterocycles. The summed E-state index contributed by atoms with van der Waals surface area (Å²) in [6.45, 7) is 0. The summed E-state index contributed by atoms with van der Waals surface area (Å²) in [5.74, 6) is 0. The largest absolute Gasteiger partial charge is 0.310 e. The number of para-hydroxylation sites is 3. The van der Waals surface area contributed by atoms with Crippen molar-refractivity contribution in [2.45, 2.75) is 0 Å². The SMILES string of the molecule is Bc1ccccc1N(c1ccccc1)c1ccccc1-c1ccccc1. The zero-order chi connectivity index (χ0) is 17.8. The van der Waals surface area contributed by atoms with E-state index in [2.05, 4.69) is 122 Å². The molecule has 0 heterocycles. The first kappa shape index (κ1) is 16.2. The van der Waals surface area contributed by atoms with Gasteiger partial charge < -0.3 is 4.90 Å². The van der Waals surface area contributed by atoms with Crippen LogP contribution < -0.4 is 10.4 Å². The van der Waals surface area contributed by atoms with E-state index in [4.69, 9.17) is 0 Å². The van der Waals surface area contributed by atoms with Gasteiger partial charge in [-0.2, -0.15) is 0 Å². The van der Waals surface area contributed by atoms with Gasteiger partial charge in [0.1, 0.15) is 7.85 Å². The second-order valence-corrected chi connectivity index (χ2v) is 6.34. The molecule has 0 saturated carbocycles. The summed E-state index contributed by atoms with van der Waals surface area (Å²) in [6, 6.07) is 38.3. The highest BCUT2D eigenvalue weighted by atomic mass is 15.1. The van der Waals surface area contributed by atoms with E-state index in [9.17, 15) is 0 Å². The third-order valence-electron chi connectivity index (χ3n) is 4.60. The second-order valence-electron chi connectivity index (χ2n) is 6.34. The van der Waals surface area contributed by atoms with Crippen molar-refractivity contribution in [2.24, 2.45) is 0 Å². The lowest BCUT2D eigenvalue weighted by Crippen LogP contribution is -2.19. The third-order valence-corrected chi connectivity index (χ3v) is 4.60. The zero-order valence-corrected chi connectivity index (χ0v) is 14.8. The van der Waals surface area contributed by atoms with Gasteiger partial charge in [-0.05, 0) is 29.8 Å². The fourth-order valence-electron chi connectivity index (χ4n) is 3.33. The Hall–Kier alpha value is -3.26. The number of anilines is 3. The molecule has 0 aliphatic heterocycles. The van der Waals surface area contributed by atoms with Crippen molar-refractivity contribution in [1.82, 2.24) is 0 Å². The van der Waals surface area contributed by atoms with E-state index >= 15 is 0 Å². The highest BCUT2D eigenvalue weighted by Gasteiger charge is 2.17. The standard InChI is InChI=1S/C24H20BN/c25-22-16-8-10-18-24(22)26(20-13-5-2-6-14-20)23-17-9-7-15-21(23)19-11-3-1-4-12-19/h1-18H,25H2. The summed E-state index contributed by atoms with van der Waals surface area (Å²) in [6.07, 6.45) is 0. The molecule has 0 bridgehead atoms. The van der Waals surface area contributed by atoms with Crippen LogP contribution in [0, 0.1) is 0 Å². The Morgan fingerprint density at radius 2 is 1.04 bits per heavy atom. The van der Waals surface area contributed by atoms with E-state index in [-0.39, 0.29) is 0 Å². The molecule has 26 heavy (non-hydrogen) atoms. The Labute approximate surface area is 156 Å². The molecule has 4 aromatic carbocycles. The Morgan fingerprint density at radius 1 is 0.500 bits per heavy atom. The molecular formula is C24H20BN. The summed E-state index contributed by atoms with van der Waals surface area (Å²) in [4.78, 5) is 2.34. The number of nitrogens with zero attached hydrogens (tertiary/aromatic N) is 1. The fourth-order valence-corrected chi connectivity index (χ4v) is 3.33. The van der Waals surface area contributed by atoms with E-state index in [0.717, 1.165) is 5.69 Å². The van der Waals surface area contributed by atoms with Gasteiger partial charge in [0.15, 0.2) is 0 Å². The predicted molar refractivity (Wildman–Crippen MR) is 115 cm³/mol. The molecule has 4 rings (SSSR count). The fraction of sp³-hybridized carbons (Fsp3) is 0. The first-order valence-electron chi connectivity index (χ1n) is 8.90. The van der Waals surface area contributed by atoms with Crippen molar-refractivity contribution in [3.63, 3.8) is 0 Å². The highest BCUT2D eigenvalue weighted by molar-refractivity contribution is 6.36. The van der Waals surface area contributed by atoms with Crippen LogP contribution in [0.15, 0.2) is 109 Å². The van der Waals surface area contributed by atoms with Crippen LogP contribution in [0.4, 0.5) is 17.1 Å². The molecule has 4 aromatic rings. The summed E-state index contributed by atoms with van der Waals surface area (Å²) in [7, 11) is 2.16. The van der Waals surface area contributed by atoms with Crippen molar-refractivity contribution in [3.8, 4) is 11.1 Å². The molecule has 0 aliphatic rings. The van der Waals surface area contributed by atoms with Crippen molar-refractivity contribution >= 4 is 30.4 Å². The molecule has 0 aliphatic carbocycles. The summed E-state index contributed by atoms with van der Waals surface area (Å²) in [5.41, 5.74) is 7.23. The van der Waals surface area contributed by atoms with Crippen molar-refractivity contribution in [3.05, 3.63) is 109 Å². The van der Waals surface area contributed by atoms with E-state index in [0.29, 0.717) is 0 Å². The van der Waals surface area contributed by atoms with Crippen LogP contribution in [0.2, 0.25) is 0 Å². The van der Waals surface area contributed by atoms with E-state index in [1.165, 1.54) is 28.0 Å². The van der Waals surface area contributed by atoms with Gasteiger partial charge in [-0.15, -0.1) is 0 Å². The van der Waals surface area contributed by atoms with Gasteiger partial charge in [-0.25, -0.2) is 0 Å². The molecule has 2 heteroatoms. The smallest absolute Gasteiger partial charge is 0.142 e. The topological polar surface area (TPSA) is 3.24 Å². The van der Waals surface area contributed by atoms with E-state index in [1.807, 2.05) is 0 Å². The summed E-state index contributed by atoms with van der Waals surface area (Å²) in [5, 5.41) is 0. The Kier molecular flexibility index (Phi) is 4.57. The van der Waals surface area contributed by atoms with Gasteiger partial charge in [-0.3, -0.25) is 0 Å². The molecule has 0 unspecified atom stereocenters. The molecule has 0 amide bonds. The predicted octanol–water partition coefficient (Wildman–Crippen LogP) is 5.08. The lowest BCUT2D eigenvalue weighted by atomic mass is 9.92. The third kappa shape index (κ3) is 3.14. The average Bonchev–Trinajstić information content (AvgIpc) is 2.72. The molecule has 1 nitrogen and oxygen atoms in total. The van der Waals surface area contributed by atoms with Gasteiger partial charge in [0.05, 0.1) is 5.69 Å². The normalized spacial score (nSPS) is 10.5. The number of rotatable bonds is 4. The number of hydrogen-bond donors (Lipinski definition) is 0. The highest BCUT2D eigenvalue weighted by Crippen LogP contribution is 2.39. The number of benzene rings is 4. The maximum absolute atomic E-state index is 2.34. The minimum atomic E-state index is 1.16. The average molecular weight is 333 g/mol. The monoisotopic (exact) mass is 333 g/mol. The van der Waals surface area contributed by atoms with E-state index in [1.54, 1.807) is 0 Å². The first-order chi connectivity index (χ1) is 12.8. The first-order valence-corrected chi connectivity index (χ1v) is 8.90. The van der Waals surface area contributed by atoms with Crippen molar-refractivity contribution in [1.29, 1.82) is 0 Å². The van der Waals surface area contributed by atoms with Crippen LogP contribution in [0.3, 0.4) is 0 Å². The quantitative estimate of drug-likeness (QED) is 0.471. The summed E-state index contributed by atoms with van der Waals surface area (Å²) < 4.78 is 0. The Morgan fingerprint density at radius 3 is 1.73 bits per heavy atom. The maximum Gasteiger partial charge on any atom is 0.142 e. The van der Waals surface area contributed by atoms with Crippen LogP contribution in [0.5, 0.6) is 0 Å². The number of hydrogen-bond acceptors (Lipinski definition) is 1. The molecule has 0 radical (unpaired) electrons. The minimum Gasteiger partial charge on any atom is -0.310 e. The Balaban J connectivity index is 1.96. The lowest BCUT2D eigenvalue weighted by Gasteiger charge is -2.29. The molecule has 0 fully saturated rings.